The van der Waals surface area contributed by atoms with Gasteiger partial charge in [-0.05, 0) is 18.1 Å². The highest BCUT2D eigenvalue weighted by Gasteiger charge is 2.04. The summed E-state index contributed by atoms with van der Waals surface area (Å²) in [5.41, 5.74) is 5.43. The van der Waals surface area contributed by atoms with Crippen molar-refractivity contribution in [3.63, 3.8) is 0 Å². The zero-order valence-corrected chi connectivity index (χ0v) is 10.6. The third-order valence-electron chi connectivity index (χ3n) is 2.19. The Balaban J connectivity index is 2.39. The summed E-state index contributed by atoms with van der Waals surface area (Å²) in [4.78, 5) is 26.2. The molecule has 0 saturated carbocycles. The molecular formula is C12H18N4O2. The van der Waals surface area contributed by atoms with Crippen LogP contribution in [-0.4, -0.2) is 29.9 Å². The van der Waals surface area contributed by atoms with Crippen molar-refractivity contribution in [2.75, 3.05) is 18.4 Å². The summed E-state index contributed by atoms with van der Waals surface area (Å²) in [5.74, 6) is 0.329. The van der Waals surface area contributed by atoms with Gasteiger partial charge >= 0.3 is 0 Å². The molecule has 0 saturated heterocycles. The average Bonchev–Trinajstić information content (AvgIpc) is 2.34. The predicted molar refractivity (Wildman–Crippen MR) is 69.1 cm³/mol. The first kappa shape index (κ1) is 14.0. The van der Waals surface area contributed by atoms with Gasteiger partial charge in [0.1, 0.15) is 5.82 Å². The molecule has 1 heterocycles. The average molecular weight is 250 g/mol. The van der Waals surface area contributed by atoms with E-state index >= 15 is 0 Å². The first-order valence-electron chi connectivity index (χ1n) is 5.75. The summed E-state index contributed by atoms with van der Waals surface area (Å²) in [5, 5.41) is 5.64. The monoisotopic (exact) mass is 250 g/mol. The number of anilines is 1. The number of nitrogens with one attached hydrogen (secondary N) is 2. The SMILES string of the molecule is CC(C)CNC(=O)CNc1ccc(C(N)=O)cn1. The number of hydrogen-bond acceptors (Lipinski definition) is 4. The smallest absolute Gasteiger partial charge is 0.250 e. The molecule has 1 rings (SSSR count). The summed E-state index contributed by atoms with van der Waals surface area (Å²) in [6.45, 7) is 4.85. The first-order valence-corrected chi connectivity index (χ1v) is 5.75. The maximum absolute atomic E-state index is 11.4. The van der Waals surface area contributed by atoms with Gasteiger partial charge in [0.15, 0.2) is 0 Å². The van der Waals surface area contributed by atoms with E-state index in [1.807, 2.05) is 13.8 Å². The van der Waals surface area contributed by atoms with Crippen molar-refractivity contribution in [3.8, 4) is 0 Å². The van der Waals surface area contributed by atoms with Crippen LogP contribution in [0.5, 0.6) is 0 Å². The standard InChI is InChI=1S/C12H18N4O2/c1-8(2)5-16-11(17)7-15-10-4-3-9(6-14-10)12(13)18/h3-4,6,8H,5,7H2,1-2H3,(H2,13,18)(H,14,15)(H,16,17). The summed E-state index contributed by atoms with van der Waals surface area (Å²) < 4.78 is 0. The Hall–Kier alpha value is -2.11. The molecule has 0 spiro atoms. The second-order valence-corrected chi connectivity index (χ2v) is 4.35. The minimum Gasteiger partial charge on any atom is -0.366 e. The molecule has 0 aliphatic heterocycles. The van der Waals surface area contributed by atoms with Gasteiger partial charge in [-0.1, -0.05) is 13.8 Å². The number of hydrogen-bond donors (Lipinski definition) is 3. The van der Waals surface area contributed by atoms with E-state index in [0.717, 1.165) is 0 Å². The van der Waals surface area contributed by atoms with Gasteiger partial charge in [0.25, 0.3) is 0 Å². The third-order valence-corrected chi connectivity index (χ3v) is 2.19. The maximum Gasteiger partial charge on any atom is 0.250 e. The number of carbonyl (C=O) groups is 2. The normalized spacial score (nSPS) is 10.2. The van der Waals surface area contributed by atoms with Crippen LogP contribution >= 0.6 is 0 Å². The minimum atomic E-state index is -0.524. The van der Waals surface area contributed by atoms with Crippen molar-refractivity contribution in [2.24, 2.45) is 11.7 Å². The van der Waals surface area contributed by atoms with Crippen LogP contribution in [0, 0.1) is 5.92 Å². The number of aromatic nitrogens is 1. The fourth-order valence-corrected chi connectivity index (χ4v) is 1.20. The molecule has 6 heteroatoms. The van der Waals surface area contributed by atoms with Gasteiger partial charge in [-0.3, -0.25) is 9.59 Å². The molecule has 0 bridgehead atoms. The highest BCUT2D eigenvalue weighted by atomic mass is 16.2. The van der Waals surface area contributed by atoms with Crippen molar-refractivity contribution >= 4 is 17.6 Å². The fraction of sp³-hybridized carbons (Fsp3) is 0.417. The van der Waals surface area contributed by atoms with E-state index in [9.17, 15) is 9.59 Å². The molecule has 2 amide bonds. The summed E-state index contributed by atoms with van der Waals surface area (Å²) in [6, 6.07) is 3.17. The molecule has 4 N–H and O–H groups in total. The maximum atomic E-state index is 11.4. The molecule has 6 nitrogen and oxygen atoms in total. The van der Waals surface area contributed by atoms with E-state index in [-0.39, 0.29) is 12.5 Å². The lowest BCUT2D eigenvalue weighted by Gasteiger charge is -2.08. The van der Waals surface area contributed by atoms with Crippen LogP contribution in [0.2, 0.25) is 0 Å². The summed E-state index contributed by atoms with van der Waals surface area (Å²) >= 11 is 0. The number of pyridine rings is 1. The lowest BCUT2D eigenvalue weighted by molar-refractivity contribution is -0.119. The Labute approximate surface area is 106 Å². The number of nitrogens with zero attached hydrogens (tertiary/aromatic N) is 1. The predicted octanol–water partition coefficient (Wildman–Crippen LogP) is 0.365. The van der Waals surface area contributed by atoms with E-state index in [0.29, 0.717) is 23.8 Å². The lowest BCUT2D eigenvalue weighted by atomic mass is 10.2. The van der Waals surface area contributed by atoms with Crippen molar-refractivity contribution < 1.29 is 9.59 Å². The number of primary amides is 1. The van der Waals surface area contributed by atoms with E-state index < -0.39 is 5.91 Å². The number of rotatable bonds is 6. The van der Waals surface area contributed by atoms with Crippen molar-refractivity contribution in [1.82, 2.24) is 10.3 Å². The Morgan fingerprint density at radius 1 is 1.39 bits per heavy atom. The summed E-state index contributed by atoms with van der Waals surface area (Å²) in [7, 11) is 0. The Morgan fingerprint density at radius 3 is 2.61 bits per heavy atom. The quantitative estimate of drug-likeness (QED) is 0.679. The Morgan fingerprint density at radius 2 is 2.11 bits per heavy atom. The molecule has 0 radical (unpaired) electrons. The molecular weight excluding hydrogens is 232 g/mol. The van der Waals surface area contributed by atoms with Crippen molar-refractivity contribution in [3.05, 3.63) is 23.9 Å². The van der Waals surface area contributed by atoms with Crippen molar-refractivity contribution in [1.29, 1.82) is 0 Å². The van der Waals surface area contributed by atoms with Gasteiger partial charge in [0.2, 0.25) is 11.8 Å². The molecule has 0 aliphatic carbocycles. The van der Waals surface area contributed by atoms with E-state index in [1.54, 1.807) is 12.1 Å². The first-order chi connectivity index (χ1) is 8.49. The van der Waals surface area contributed by atoms with Crippen LogP contribution in [0.15, 0.2) is 18.3 Å². The minimum absolute atomic E-state index is 0.0931. The third kappa shape index (κ3) is 4.82. The molecule has 0 aliphatic rings. The molecule has 0 fully saturated rings. The number of amides is 2. The lowest BCUT2D eigenvalue weighted by Crippen LogP contribution is -2.32. The van der Waals surface area contributed by atoms with Crippen LogP contribution in [0.4, 0.5) is 5.82 Å². The zero-order valence-electron chi connectivity index (χ0n) is 10.6. The van der Waals surface area contributed by atoms with Crippen LogP contribution in [-0.2, 0) is 4.79 Å². The van der Waals surface area contributed by atoms with Crippen LogP contribution in [0.1, 0.15) is 24.2 Å². The van der Waals surface area contributed by atoms with Gasteiger partial charge in [-0.2, -0.15) is 0 Å². The van der Waals surface area contributed by atoms with E-state index in [4.69, 9.17) is 5.73 Å². The van der Waals surface area contributed by atoms with Gasteiger partial charge in [0, 0.05) is 12.7 Å². The molecule has 0 unspecified atom stereocenters. The van der Waals surface area contributed by atoms with Crippen LogP contribution < -0.4 is 16.4 Å². The molecule has 0 atom stereocenters. The van der Waals surface area contributed by atoms with Gasteiger partial charge in [-0.25, -0.2) is 4.98 Å². The van der Waals surface area contributed by atoms with E-state index in [1.165, 1.54) is 6.20 Å². The van der Waals surface area contributed by atoms with Crippen molar-refractivity contribution in [2.45, 2.75) is 13.8 Å². The van der Waals surface area contributed by atoms with Gasteiger partial charge in [-0.15, -0.1) is 0 Å². The largest absolute Gasteiger partial charge is 0.366 e. The summed E-state index contributed by atoms with van der Waals surface area (Å²) in [6.07, 6.45) is 1.37. The topological polar surface area (TPSA) is 97.1 Å². The van der Waals surface area contributed by atoms with Crippen LogP contribution in [0.25, 0.3) is 0 Å². The van der Waals surface area contributed by atoms with Crippen LogP contribution in [0.3, 0.4) is 0 Å². The Kier molecular flexibility index (Phi) is 5.10. The highest BCUT2D eigenvalue weighted by molar-refractivity contribution is 5.92. The molecule has 1 aromatic heterocycles. The van der Waals surface area contributed by atoms with Gasteiger partial charge < -0.3 is 16.4 Å². The Bertz CT molecular complexity index is 415. The second-order valence-electron chi connectivity index (χ2n) is 4.35. The fourth-order valence-electron chi connectivity index (χ4n) is 1.20. The number of nitrogens with two attached hydrogens (primary N) is 1. The molecule has 18 heavy (non-hydrogen) atoms. The molecule has 0 aromatic carbocycles. The molecule has 1 aromatic rings. The number of carbonyl (C=O) groups excluding carboxylic acids is 2. The zero-order chi connectivity index (χ0) is 13.5. The second kappa shape index (κ2) is 6.58. The van der Waals surface area contributed by atoms with E-state index in [2.05, 4.69) is 15.6 Å². The van der Waals surface area contributed by atoms with Gasteiger partial charge in [0.05, 0.1) is 12.1 Å². The highest BCUT2D eigenvalue weighted by Crippen LogP contribution is 2.03. The molecule has 98 valence electrons.